The molecule has 0 amide bonds. The van der Waals surface area contributed by atoms with E-state index >= 15 is 0 Å². The number of thioether (sulfide) groups is 1. The molecule has 2 rings (SSSR count). The minimum Gasteiger partial charge on any atom is -0.464 e. The fraction of sp³-hybridized carbons (Fsp3) is 0.385. The Labute approximate surface area is 105 Å². The Balaban J connectivity index is 2.30. The van der Waals surface area contributed by atoms with Crippen molar-refractivity contribution in [1.82, 2.24) is 0 Å². The number of hydrogen-bond acceptors (Lipinski definition) is 4. The zero-order valence-electron chi connectivity index (χ0n) is 9.97. The topological polar surface area (TPSA) is 38.7 Å². The highest BCUT2D eigenvalue weighted by atomic mass is 32.2. The van der Waals surface area contributed by atoms with Crippen molar-refractivity contribution >= 4 is 22.8 Å². The maximum atomic E-state index is 11.7. The summed E-state index contributed by atoms with van der Waals surface area (Å²) in [6.45, 7) is 2.22. The molecule has 3 nitrogen and oxygen atoms in total. The van der Waals surface area contributed by atoms with Gasteiger partial charge in [-0.2, -0.15) is 0 Å². The lowest BCUT2D eigenvalue weighted by atomic mass is 9.98. The van der Waals surface area contributed by atoms with E-state index in [1.54, 1.807) is 11.8 Å². The first-order chi connectivity index (χ1) is 8.26. The summed E-state index contributed by atoms with van der Waals surface area (Å²) in [5, 5.41) is 0.921. The highest BCUT2D eigenvalue weighted by Crippen LogP contribution is 2.24. The lowest BCUT2D eigenvalue weighted by molar-refractivity contribution is -0.144. The average Bonchev–Trinajstić information content (AvgIpc) is 2.37. The summed E-state index contributed by atoms with van der Waals surface area (Å²) in [6.07, 6.45) is 2.61. The zero-order valence-corrected chi connectivity index (χ0v) is 10.8. The van der Waals surface area contributed by atoms with Gasteiger partial charge in [0, 0.05) is 12.0 Å². The summed E-state index contributed by atoms with van der Waals surface area (Å²) < 4.78 is 5.03. The summed E-state index contributed by atoms with van der Waals surface area (Å²) in [5.74, 6) is -0.228. The van der Waals surface area contributed by atoms with Gasteiger partial charge in [0.2, 0.25) is 0 Å². The van der Waals surface area contributed by atoms with Gasteiger partial charge < -0.3 is 4.74 Å². The van der Waals surface area contributed by atoms with Crippen molar-refractivity contribution in [2.24, 2.45) is 4.99 Å². The molecule has 0 aromatic heterocycles. The van der Waals surface area contributed by atoms with Gasteiger partial charge in [-0.25, -0.2) is 4.79 Å². The Bertz CT molecular complexity index is 456. The van der Waals surface area contributed by atoms with Crippen LogP contribution in [0.5, 0.6) is 0 Å². The van der Waals surface area contributed by atoms with Crippen LogP contribution in [0.4, 0.5) is 0 Å². The van der Waals surface area contributed by atoms with Gasteiger partial charge in [0.1, 0.15) is 0 Å². The molecule has 4 heteroatoms. The Kier molecular flexibility index (Phi) is 3.84. The van der Waals surface area contributed by atoms with Crippen molar-refractivity contribution in [3.8, 4) is 0 Å². The molecule has 17 heavy (non-hydrogen) atoms. The number of fused-ring (bicyclic) bond motifs is 1. The van der Waals surface area contributed by atoms with Crippen molar-refractivity contribution < 1.29 is 9.53 Å². The van der Waals surface area contributed by atoms with Crippen LogP contribution in [-0.2, 0) is 16.0 Å². The largest absolute Gasteiger partial charge is 0.464 e. The van der Waals surface area contributed by atoms with Crippen molar-refractivity contribution in [3.63, 3.8) is 0 Å². The predicted octanol–water partition coefficient (Wildman–Crippen LogP) is 2.28. The average molecular weight is 249 g/mol. The SMILES string of the molecule is CCOC(=O)C1Cc2ccccc2C(SC)=N1. The number of benzene rings is 1. The van der Waals surface area contributed by atoms with Gasteiger partial charge in [-0.3, -0.25) is 4.99 Å². The number of carbonyl (C=O) groups excluding carboxylic acids is 1. The first kappa shape index (κ1) is 12.2. The Morgan fingerprint density at radius 1 is 1.53 bits per heavy atom. The fourth-order valence-electron chi connectivity index (χ4n) is 1.91. The van der Waals surface area contributed by atoms with Crippen molar-refractivity contribution in [2.45, 2.75) is 19.4 Å². The summed E-state index contributed by atoms with van der Waals surface area (Å²) >= 11 is 1.57. The molecular formula is C13H15NO2S. The smallest absolute Gasteiger partial charge is 0.331 e. The second-order valence-corrected chi connectivity index (χ2v) is 4.56. The van der Waals surface area contributed by atoms with Crippen LogP contribution >= 0.6 is 11.8 Å². The molecule has 1 aliphatic heterocycles. The number of esters is 1. The van der Waals surface area contributed by atoms with Gasteiger partial charge in [0.05, 0.1) is 11.7 Å². The van der Waals surface area contributed by atoms with E-state index in [0.717, 1.165) is 10.6 Å². The van der Waals surface area contributed by atoms with Crippen LogP contribution in [0.3, 0.4) is 0 Å². The fourth-order valence-corrected chi connectivity index (χ4v) is 2.56. The molecular weight excluding hydrogens is 234 g/mol. The number of rotatable bonds is 2. The summed E-state index contributed by atoms with van der Waals surface area (Å²) in [7, 11) is 0. The molecule has 1 heterocycles. The first-order valence-electron chi connectivity index (χ1n) is 5.63. The molecule has 1 unspecified atom stereocenters. The molecule has 0 spiro atoms. The van der Waals surface area contributed by atoms with Crippen LogP contribution in [0.25, 0.3) is 0 Å². The van der Waals surface area contributed by atoms with Gasteiger partial charge in [0.25, 0.3) is 0 Å². The maximum absolute atomic E-state index is 11.7. The van der Waals surface area contributed by atoms with Crippen LogP contribution < -0.4 is 0 Å². The first-order valence-corrected chi connectivity index (χ1v) is 6.85. The maximum Gasteiger partial charge on any atom is 0.331 e. The van der Waals surface area contributed by atoms with Crippen LogP contribution in [0.15, 0.2) is 29.3 Å². The lowest BCUT2D eigenvalue weighted by Crippen LogP contribution is -2.29. The molecule has 1 atom stereocenters. The van der Waals surface area contributed by atoms with E-state index < -0.39 is 0 Å². The number of nitrogens with zero attached hydrogens (tertiary/aromatic N) is 1. The standard InChI is InChI=1S/C13H15NO2S/c1-3-16-13(15)11-8-9-6-4-5-7-10(9)12(14-11)17-2/h4-7,11H,3,8H2,1-2H3. The molecule has 1 aromatic carbocycles. The zero-order chi connectivity index (χ0) is 12.3. The van der Waals surface area contributed by atoms with Gasteiger partial charge in [0.15, 0.2) is 6.04 Å². The molecule has 0 saturated carbocycles. The molecule has 0 saturated heterocycles. The second kappa shape index (κ2) is 5.36. The molecule has 1 aliphatic rings. The van der Waals surface area contributed by atoms with E-state index in [9.17, 15) is 4.79 Å². The molecule has 0 bridgehead atoms. The van der Waals surface area contributed by atoms with Gasteiger partial charge in [-0.15, -0.1) is 11.8 Å². The van der Waals surface area contributed by atoms with Gasteiger partial charge in [-0.05, 0) is 18.7 Å². The van der Waals surface area contributed by atoms with E-state index in [-0.39, 0.29) is 12.0 Å². The number of ether oxygens (including phenoxy) is 1. The molecule has 0 N–H and O–H groups in total. The molecule has 90 valence electrons. The van der Waals surface area contributed by atoms with E-state index in [1.807, 2.05) is 37.4 Å². The van der Waals surface area contributed by atoms with Crippen molar-refractivity contribution in [2.75, 3.05) is 12.9 Å². The molecule has 1 aromatic rings. The van der Waals surface area contributed by atoms with Crippen molar-refractivity contribution in [3.05, 3.63) is 35.4 Å². The second-order valence-electron chi connectivity index (χ2n) is 3.77. The molecule has 0 aliphatic carbocycles. The van der Waals surface area contributed by atoms with Crippen LogP contribution in [0, 0.1) is 0 Å². The van der Waals surface area contributed by atoms with Crippen LogP contribution in [-0.4, -0.2) is 29.9 Å². The van der Waals surface area contributed by atoms with Crippen LogP contribution in [0.1, 0.15) is 18.1 Å². The Morgan fingerprint density at radius 2 is 2.29 bits per heavy atom. The molecule has 0 radical (unpaired) electrons. The number of hydrogen-bond donors (Lipinski definition) is 0. The molecule has 0 fully saturated rings. The Morgan fingerprint density at radius 3 is 3.00 bits per heavy atom. The highest BCUT2D eigenvalue weighted by Gasteiger charge is 2.26. The highest BCUT2D eigenvalue weighted by molar-refractivity contribution is 8.13. The quantitative estimate of drug-likeness (QED) is 0.755. The van der Waals surface area contributed by atoms with Crippen molar-refractivity contribution in [1.29, 1.82) is 0 Å². The van der Waals surface area contributed by atoms with Crippen LogP contribution in [0.2, 0.25) is 0 Å². The van der Waals surface area contributed by atoms with E-state index in [0.29, 0.717) is 13.0 Å². The van der Waals surface area contributed by atoms with E-state index in [4.69, 9.17) is 4.74 Å². The van der Waals surface area contributed by atoms with Gasteiger partial charge in [-0.1, -0.05) is 24.3 Å². The number of carbonyl (C=O) groups is 1. The third-order valence-corrected chi connectivity index (χ3v) is 3.40. The van der Waals surface area contributed by atoms with Gasteiger partial charge >= 0.3 is 5.97 Å². The third kappa shape index (κ3) is 2.52. The summed E-state index contributed by atoms with van der Waals surface area (Å²) in [6, 6.07) is 7.70. The van der Waals surface area contributed by atoms with E-state index in [1.165, 1.54) is 5.56 Å². The normalized spacial score (nSPS) is 18.2. The Hall–Kier alpha value is -1.29. The monoisotopic (exact) mass is 249 g/mol. The minimum atomic E-state index is -0.382. The lowest BCUT2D eigenvalue weighted by Gasteiger charge is -2.21. The minimum absolute atomic E-state index is 0.228. The number of aliphatic imine (C=N–C) groups is 1. The predicted molar refractivity (Wildman–Crippen MR) is 70.6 cm³/mol. The summed E-state index contributed by atoms with van der Waals surface area (Å²) in [5.41, 5.74) is 2.31. The van der Waals surface area contributed by atoms with E-state index in [2.05, 4.69) is 4.99 Å². The third-order valence-electron chi connectivity index (χ3n) is 2.69. The summed E-state index contributed by atoms with van der Waals surface area (Å²) in [4.78, 5) is 16.2.